The lowest BCUT2D eigenvalue weighted by Crippen LogP contribution is -2.13. The van der Waals surface area contributed by atoms with Gasteiger partial charge in [0.05, 0.1) is 5.56 Å². The van der Waals surface area contributed by atoms with E-state index in [0.717, 1.165) is 4.47 Å². The van der Waals surface area contributed by atoms with Gasteiger partial charge in [-0.2, -0.15) is 8.42 Å². The lowest BCUT2D eigenvalue weighted by Gasteiger charge is -2.00. The van der Waals surface area contributed by atoms with Crippen LogP contribution in [0.3, 0.4) is 0 Å². The van der Waals surface area contributed by atoms with Gasteiger partial charge in [0.25, 0.3) is 5.91 Å². The number of carbonyl (C=O) groups excluding carboxylic acids is 1. The zero-order valence-corrected chi connectivity index (χ0v) is 10.2. The summed E-state index contributed by atoms with van der Waals surface area (Å²) in [5, 5.41) is 0. The molecule has 0 unspecified atom stereocenters. The molecule has 0 aliphatic heterocycles. The lowest BCUT2D eigenvalue weighted by molar-refractivity contribution is 0.100. The van der Waals surface area contributed by atoms with E-state index >= 15 is 0 Å². The second kappa shape index (κ2) is 5.80. The van der Waals surface area contributed by atoms with Crippen LogP contribution in [0.25, 0.3) is 0 Å². The van der Waals surface area contributed by atoms with Crippen LogP contribution in [0, 0.1) is 0 Å². The summed E-state index contributed by atoms with van der Waals surface area (Å²) in [6.45, 7) is 0. The number of hydrogen-bond acceptors (Lipinski definition) is 4. The van der Waals surface area contributed by atoms with Crippen LogP contribution in [0.1, 0.15) is 10.4 Å². The van der Waals surface area contributed by atoms with Crippen LogP contribution in [0.2, 0.25) is 0 Å². The SMILES string of the molecule is NC(=O)c1ccc(Br)cc1N.O=S(=O)(O)O. The molecule has 6 N–H and O–H groups in total. The van der Waals surface area contributed by atoms with Crippen LogP contribution in [-0.4, -0.2) is 23.4 Å². The zero-order valence-electron chi connectivity index (χ0n) is 7.79. The largest absolute Gasteiger partial charge is 0.398 e. The molecule has 1 aromatic carbocycles. The lowest BCUT2D eigenvalue weighted by atomic mass is 10.2. The highest BCUT2D eigenvalue weighted by atomic mass is 79.9. The van der Waals surface area contributed by atoms with Gasteiger partial charge in [-0.3, -0.25) is 13.9 Å². The van der Waals surface area contributed by atoms with E-state index in [9.17, 15) is 4.79 Å². The van der Waals surface area contributed by atoms with Crippen LogP contribution in [0.15, 0.2) is 22.7 Å². The summed E-state index contributed by atoms with van der Waals surface area (Å²) < 4.78 is 32.4. The van der Waals surface area contributed by atoms with Crippen molar-refractivity contribution in [3.63, 3.8) is 0 Å². The first-order chi connectivity index (χ1) is 7.11. The third kappa shape index (κ3) is 7.17. The van der Waals surface area contributed by atoms with Gasteiger partial charge in [-0.05, 0) is 18.2 Å². The summed E-state index contributed by atoms with van der Waals surface area (Å²) in [6, 6.07) is 4.94. The Hall–Kier alpha value is -1.16. The third-order valence-electron chi connectivity index (χ3n) is 1.28. The third-order valence-corrected chi connectivity index (χ3v) is 1.77. The highest BCUT2D eigenvalue weighted by Gasteiger charge is 2.03. The summed E-state index contributed by atoms with van der Waals surface area (Å²) in [4.78, 5) is 10.7. The van der Waals surface area contributed by atoms with Crippen LogP contribution in [0.5, 0.6) is 0 Å². The van der Waals surface area contributed by atoms with E-state index in [1.54, 1.807) is 18.2 Å². The van der Waals surface area contributed by atoms with Gasteiger partial charge >= 0.3 is 10.4 Å². The molecule has 0 aliphatic rings. The number of benzene rings is 1. The number of anilines is 1. The van der Waals surface area contributed by atoms with Gasteiger partial charge < -0.3 is 11.5 Å². The normalized spacial score (nSPS) is 10.2. The van der Waals surface area contributed by atoms with E-state index in [0.29, 0.717) is 11.3 Å². The van der Waals surface area contributed by atoms with E-state index in [1.807, 2.05) is 0 Å². The fourth-order valence-electron chi connectivity index (χ4n) is 0.758. The molecule has 1 amide bonds. The first kappa shape index (κ1) is 14.8. The van der Waals surface area contributed by atoms with Crippen molar-refractivity contribution < 1.29 is 22.3 Å². The van der Waals surface area contributed by atoms with Gasteiger partial charge in [-0.1, -0.05) is 15.9 Å². The van der Waals surface area contributed by atoms with Crippen LogP contribution in [-0.2, 0) is 10.4 Å². The Balaban J connectivity index is 0.000000385. The van der Waals surface area contributed by atoms with E-state index in [2.05, 4.69) is 15.9 Å². The summed E-state index contributed by atoms with van der Waals surface area (Å²) >= 11 is 3.21. The maximum absolute atomic E-state index is 10.7. The molecule has 9 heteroatoms. The maximum atomic E-state index is 10.7. The predicted molar refractivity (Wildman–Crippen MR) is 61.2 cm³/mol. The Morgan fingerprint density at radius 1 is 1.31 bits per heavy atom. The van der Waals surface area contributed by atoms with Gasteiger partial charge in [-0.15, -0.1) is 0 Å². The molecule has 0 spiro atoms. The number of primary amides is 1. The fraction of sp³-hybridized carbons (Fsp3) is 0. The highest BCUT2D eigenvalue weighted by Crippen LogP contribution is 2.17. The summed E-state index contributed by atoms with van der Waals surface area (Å²) in [5.41, 5.74) is 11.3. The molecule has 0 fully saturated rings. The van der Waals surface area contributed by atoms with Crippen LogP contribution in [0.4, 0.5) is 5.69 Å². The van der Waals surface area contributed by atoms with Crippen molar-refractivity contribution in [2.45, 2.75) is 0 Å². The number of halogens is 1. The average Bonchev–Trinajstić information content (AvgIpc) is 1.99. The Morgan fingerprint density at radius 2 is 1.75 bits per heavy atom. The quantitative estimate of drug-likeness (QED) is 0.438. The molecule has 0 atom stereocenters. The standard InChI is InChI=1S/C7H7BrN2O.H2O4S/c8-4-1-2-5(7(10)11)6(9)3-4;1-5(2,3)4/h1-3H,9H2,(H2,10,11);(H2,1,2,3,4). The molecule has 0 bridgehead atoms. The maximum Gasteiger partial charge on any atom is 0.394 e. The number of nitrogen functional groups attached to an aromatic ring is 1. The van der Waals surface area contributed by atoms with E-state index in [1.165, 1.54) is 0 Å². The van der Waals surface area contributed by atoms with E-state index in [4.69, 9.17) is 29.0 Å². The molecule has 7 nitrogen and oxygen atoms in total. The minimum atomic E-state index is -4.67. The minimum Gasteiger partial charge on any atom is -0.398 e. The number of rotatable bonds is 1. The van der Waals surface area contributed by atoms with Gasteiger partial charge in [0.15, 0.2) is 0 Å². The number of carbonyl (C=O) groups is 1. The summed E-state index contributed by atoms with van der Waals surface area (Å²) in [7, 11) is -4.67. The van der Waals surface area contributed by atoms with Crippen LogP contribution >= 0.6 is 15.9 Å². The monoisotopic (exact) mass is 312 g/mol. The topological polar surface area (TPSA) is 144 Å². The second-order valence-electron chi connectivity index (χ2n) is 2.54. The highest BCUT2D eigenvalue weighted by molar-refractivity contribution is 9.10. The Bertz CT molecular complexity index is 480. The molecule has 90 valence electrons. The van der Waals surface area contributed by atoms with Crippen molar-refractivity contribution in [2.75, 3.05) is 5.73 Å². The van der Waals surface area contributed by atoms with Gasteiger partial charge in [-0.25, -0.2) is 0 Å². The average molecular weight is 313 g/mol. The van der Waals surface area contributed by atoms with Crippen molar-refractivity contribution >= 4 is 37.9 Å². The zero-order chi connectivity index (χ0) is 12.9. The smallest absolute Gasteiger partial charge is 0.394 e. The first-order valence-electron chi connectivity index (χ1n) is 3.66. The van der Waals surface area contributed by atoms with E-state index in [-0.39, 0.29) is 0 Å². The van der Waals surface area contributed by atoms with Crippen molar-refractivity contribution in [2.24, 2.45) is 5.73 Å². The van der Waals surface area contributed by atoms with Crippen molar-refractivity contribution in [1.29, 1.82) is 0 Å². The second-order valence-corrected chi connectivity index (χ2v) is 4.35. The molecule has 1 rings (SSSR count). The van der Waals surface area contributed by atoms with Gasteiger partial charge in [0.1, 0.15) is 0 Å². The molecular formula is C7H9BrN2O5S. The van der Waals surface area contributed by atoms with Crippen LogP contribution < -0.4 is 11.5 Å². The first-order valence-corrected chi connectivity index (χ1v) is 5.85. The number of nitrogens with two attached hydrogens (primary N) is 2. The van der Waals surface area contributed by atoms with Crippen molar-refractivity contribution in [1.82, 2.24) is 0 Å². The van der Waals surface area contributed by atoms with Crippen molar-refractivity contribution in [3.8, 4) is 0 Å². The molecule has 0 heterocycles. The molecule has 0 saturated carbocycles. The van der Waals surface area contributed by atoms with Gasteiger partial charge in [0.2, 0.25) is 0 Å². The molecule has 16 heavy (non-hydrogen) atoms. The van der Waals surface area contributed by atoms with Crippen molar-refractivity contribution in [3.05, 3.63) is 28.2 Å². The Morgan fingerprint density at radius 3 is 2.06 bits per heavy atom. The molecular weight excluding hydrogens is 304 g/mol. The molecule has 1 aromatic rings. The minimum absolute atomic E-state index is 0.355. The molecule has 0 aromatic heterocycles. The Labute approximate surface area is 100 Å². The summed E-state index contributed by atoms with van der Waals surface area (Å²) in [6.07, 6.45) is 0. The van der Waals surface area contributed by atoms with Gasteiger partial charge in [0, 0.05) is 10.2 Å². The molecule has 0 radical (unpaired) electrons. The predicted octanol–water partition coefficient (Wildman–Crippen LogP) is 0.477. The fourth-order valence-corrected chi connectivity index (χ4v) is 1.14. The molecule has 0 aliphatic carbocycles. The summed E-state index contributed by atoms with van der Waals surface area (Å²) in [5.74, 6) is -0.505. The Kier molecular flexibility index (Phi) is 5.38. The number of amides is 1. The number of hydrogen-bond donors (Lipinski definition) is 4. The molecule has 0 saturated heterocycles. The van der Waals surface area contributed by atoms with E-state index < -0.39 is 16.3 Å².